The molecule has 0 amide bonds. The van der Waals surface area contributed by atoms with Gasteiger partial charge in [-0.1, -0.05) is 6.08 Å². The highest BCUT2D eigenvalue weighted by atomic mass is 32.2. The van der Waals surface area contributed by atoms with Gasteiger partial charge in [0.25, 0.3) is 0 Å². The van der Waals surface area contributed by atoms with Gasteiger partial charge < -0.3 is 0 Å². The number of halogens is 4. The van der Waals surface area contributed by atoms with Crippen LogP contribution >= 0.6 is 0 Å². The Labute approximate surface area is 78.5 Å². The van der Waals surface area contributed by atoms with Gasteiger partial charge in [-0.05, 0) is 6.42 Å². The van der Waals surface area contributed by atoms with E-state index in [1.807, 2.05) is 0 Å². The number of allylic oxidation sites excluding steroid dienone is 1. The molecular formula is C6H8F4O3S. The van der Waals surface area contributed by atoms with E-state index in [1.54, 1.807) is 0 Å². The molecule has 0 heterocycles. The standard InChI is InChI=1S/C6H8F4O3S/c1-2-3-4-5(7)13-14(11,12)6(8,9)10/h2,5H,1,3-4H2. The largest absolute Gasteiger partial charge is 0.523 e. The summed E-state index contributed by atoms with van der Waals surface area (Å²) in [7, 11) is -5.84. The minimum absolute atomic E-state index is 0.0224. The van der Waals surface area contributed by atoms with Crippen LogP contribution in [0.25, 0.3) is 0 Å². The average Bonchev–Trinajstić information content (AvgIpc) is 1.97. The summed E-state index contributed by atoms with van der Waals surface area (Å²) < 4.78 is 71.0. The number of hydrogen-bond donors (Lipinski definition) is 0. The summed E-state index contributed by atoms with van der Waals surface area (Å²) in [6, 6.07) is 0. The molecule has 0 aliphatic heterocycles. The number of alkyl halides is 4. The first kappa shape index (κ1) is 13.4. The van der Waals surface area contributed by atoms with E-state index in [0.29, 0.717) is 0 Å². The SMILES string of the molecule is C=CCCC(F)OS(=O)(=O)C(F)(F)F. The van der Waals surface area contributed by atoms with Gasteiger partial charge in [0, 0.05) is 6.42 Å². The third-order valence-corrected chi connectivity index (χ3v) is 2.14. The van der Waals surface area contributed by atoms with Gasteiger partial charge >= 0.3 is 15.6 Å². The maximum Gasteiger partial charge on any atom is 0.523 e. The van der Waals surface area contributed by atoms with Crippen LogP contribution in [-0.2, 0) is 14.3 Å². The van der Waals surface area contributed by atoms with Crippen LogP contribution < -0.4 is 0 Å². The highest BCUT2D eigenvalue weighted by Gasteiger charge is 2.48. The molecule has 1 atom stereocenters. The lowest BCUT2D eigenvalue weighted by atomic mass is 10.3. The minimum atomic E-state index is -5.84. The molecule has 14 heavy (non-hydrogen) atoms. The van der Waals surface area contributed by atoms with Crippen molar-refractivity contribution >= 4 is 10.1 Å². The van der Waals surface area contributed by atoms with Crippen molar-refractivity contribution in [2.24, 2.45) is 0 Å². The molecule has 0 rings (SSSR count). The van der Waals surface area contributed by atoms with Gasteiger partial charge in [0.2, 0.25) is 6.36 Å². The molecule has 0 fully saturated rings. The first-order chi connectivity index (χ1) is 6.20. The van der Waals surface area contributed by atoms with E-state index in [2.05, 4.69) is 10.8 Å². The maximum absolute atomic E-state index is 12.5. The highest BCUT2D eigenvalue weighted by Crippen LogP contribution is 2.26. The lowest BCUT2D eigenvalue weighted by Crippen LogP contribution is -2.28. The van der Waals surface area contributed by atoms with E-state index in [9.17, 15) is 26.0 Å². The van der Waals surface area contributed by atoms with Crippen molar-refractivity contribution in [2.45, 2.75) is 24.7 Å². The van der Waals surface area contributed by atoms with Gasteiger partial charge in [0.1, 0.15) is 0 Å². The van der Waals surface area contributed by atoms with Gasteiger partial charge in [-0.25, -0.2) is 8.57 Å². The molecular weight excluding hydrogens is 228 g/mol. The van der Waals surface area contributed by atoms with Crippen LogP contribution in [0, 0.1) is 0 Å². The first-order valence-electron chi connectivity index (χ1n) is 3.45. The Kier molecular flexibility index (Phi) is 4.53. The molecule has 0 spiro atoms. The molecule has 0 aliphatic carbocycles. The normalized spacial score (nSPS) is 15.1. The van der Waals surface area contributed by atoms with E-state index in [-0.39, 0.29) is 6.42 Å². The summed E-state index contributed by atoms with van der Waals surface area (Å²) in [6.45, 7) is 3.18. The Morgan fingerprint density at radius 3 is 2.29 bits per heavy atom. The zero-order valence-corrected chi connectivity index (χ0v) is 7.74. The summed E-state index contributed by atoms with van der Waals surface area (Å²) in [6.07, 6.45) is -1.73. The molecule has 0 saturated carbocycles. The lowest BCUT2D eigenvalue weighted by molar-refractivity contribution is -0.0651. The second kappa shape index (κ2) is 4.74. The van der Waals surface area contributed by atoms with Crippen molar-refractivity contribution in [2.75, 3.05) is 0 Å². The highest BCUT2D eigenvalue weighted by molar-refractivity contribution is 7.87. The van der Waals surface area contributed by atoms with Crippen LogP contribution in [0.1, 0.15) is 12.8 Å². The smallest absolute Gasteiger partial charge is 0.226 e. The summed E-state index contributed by atoms with van der Waals surface area (Å²) in [5.41, 5.74) is -5.59. The fourth-order valence-corrected chi connectivity index (χ4v) is 0.969. The molecule has 1 unspecified atom stereocenters. The quantitative estimate of drug-likeness (QED) is 0.318. The van der Waals surface area contributed by atoms with Crippen LogP contribution in [0.2, 0.25) is 0 Å². The van der Waals surface area contributed by atoms with Gasteiger partial charge in [-0.15, -0.1) is 6.58 Å². The molecule has 0 aromatic carbocycles. The van der Waals surface area contributed by atoms with Crippen LogP contribution in [0.15, 0.2) is 12.7 Å². The second-order valence-electron chi connectivity index (χ2n) is 2.27. The summed E-state index contributed by atoms with van der Waals surface area (Å²) in [5.74, 6) is 0. The van der Waals surface area contributed by atoms with Gasteiger partial charge in [0.15, 0.2) is 0 Å². The molecule has 0 N–H and O–H groups in total. The van der Waals surface area contributed by atoms with Crippen molar-refractivity contribution in [1.29, 1.82) is 0 Å². The zero-order valence-electron chi connectivity index (χ0n) is 6.92. The molecule has 84 valence electrons. The first-order valence-corrected chi connectivity index (χ1v) is 4.86. The van der Waals surface area contributed by atoms with Crippen molar-refractivity contribution in [3.05, 3.63) is 12.7 Å². The Balaban J connectivity index is 4.31. The second-order valence-corrected chi connectivity index (χ2v) is 3.84. The van der Waals surface area contributed by atoms with Crippen LogP contribution in [0.3, 0.4) is 0 Å². The summed E-state index contributed by atoms with van der Waals surface area (Å²) in [5, 5.41) is 0. The topological polar surface area (TPSA) is 43.4 Å². The van der Waals surface area contributed by atoms with E-state index in [0.717, 1.165) is 0 Å². The van der Waals surface area contributed by atoms with Gasteiger partial charge in [-0.3, -0.25) is 0 Å². The van der Waals surface area contributed by atoms with E-state index < -0.39 is 28.4 Å². The van der Waals surface area contributed by atoms with Crippen LogP contribution in [0.4, 0.5) is 17.6 Å². The Bertz CT molecular complexity index is 282. The van der Waals surface area contributed by atoms with Crippen molar-refractivity contribution in [3.8, 4) is 0 Å². The third-order valence-electron chi connectivity index (χ3n) is 1.11. The van der Waals surface area contributed by atoms with E-state index in [4.69, 9.17) is 0 Å². The average molecular weight is 236 g/mol. The molecule has 3 nitrogen and oxygen atoms in total. The van der Waals surface area contributed by atoms with Crippen molar-refractivity contribution < 1.29 is 30.2 Å². The summed E-state index contributed by atoms with van der Waals surface area (Å²) >= 11 is 0. The fraction of sp³-hybridized carbons (Fsp3) is 0.667. The molecule has 0 aromatic heterocycles. The molecule has 0 bridgehead atoms. The zero-order chi connectivity index (χ0) is 11.4. The monoisotopic (exact) mass is 236 g/mol. The van der Waals surface area contributed by atoms with E-state index >= 15 is 0 Å². The van der Waals surface area contributed by atoms with Crippen molar-refractivity contribution in [3.63, 3.8) is 0 Å². The molecule has 0 radical (unpaired) electrons. The third kappa shape index (κ3) is 4.05. The Hall–Kier alpha value is -0.630. The van der Waals surface area contributed by atoms with E-state index in [1.165, 1.54) is 6.08 Å². The van der Waals surface area contributed by atoms with Gasteiger partial charge in [-0.2, -0.15) is 21.6 Å². The Morgan fingerprint density at radius 2 is 1.93 bits per heavy atom. The lowest BCUT2D eigenvalue weighted by Gasteiger charge is -2.10. The maximum atomic E-state index is 12.5. The van der Waals surface area contributed by atoms with Gasteiger partial charge in [0.05, 0.1) is 0 Å². The molecule has 8 heteroatoms. The predicted molar refractivity (Wildman–Crippen MR) is 40.4 cm³/mol. The summed E-state index contributed by atoms with van der Waals surface area (Å²) in [4.78, 5) is 0. The molecule has 0 saturated heterocycles. The predicted octanol–water partition coefficient (Wildman–Crippen LogP) is 2.11. The number of hydrogen-bond acceptors (Lipinski definition) is 3. The van der Waals surface area contributed by atoms with Crippen LogP contribution in [0.5, 0.6) is 0 Å². The fourth-order valence-electron chi connectivity index (χ4n) is 0.489. The molecule has 0 aliphatic rings. The van der Waals surface area contributed by atoms with Crippen LogP contribution in [-0.4, -0.2) is 20.3 Å². The van der Waals surface area contributed by atoms with Crippen molar-refractivity contribution in [1.82, 2.24) is 0 Å². The number of rotatable bonds is 5. The minimum Gasteiger partial charge on any atom is -0.226 e. The Morgan fingerprint density at radius 1 is 1.43 bits per heavy atom. The molecule has 0 aromatic rings.